The summed E-state index contributed by atoms with van der Waals surface area (Å²) in [6.07, 6.45) is 0. The van der Waals surface area contributed by atoms with E-state index in [0.717, 1.165) is 10.9 Å². The number of amides is 1. The van der Waals surface area contributed by atoms with Crippen molar-refractivity contribution in [3.05, 3.63) is 94.5 Å². The molecule has 1 aromatic heterocycles. The molecule has 6 N–H and O–H groups in total. The lowest BCUT2D eigenvalue weighted by molar-refractivity contribution is -0.122. The largest absolute Gasteiger partial charge is 0.494 e. The monoisotopic (exact) mass is 432 g/mol. The highest BCUT2D eigenvalue weighted by Crippen LogP contribution is 2.33. The van der Waals surface area contributed by atoms with Gasteiger partial charge in [-0.3, -0.25) is 4.79 Å². The summed E-state index contributed by atoms with van der Waals surface area (Å²) < 4.78 is 0. The first-order valence-corrected chi connectivity index (χ1v) is 9.99. The molecule has 1 atom stereocenters. The summed E-state index contributed by atoms with van der Waals surface area (Å²) in [6.45, 7) is 1.57. The van der Waals surface area contributed by atoms with Gasteiger partial charge in [-0.25, -0.2) is 4.99 Å². The summed E-state index contributed by atoms with van der Waals surface area (Å²) in [5.74, 6) is -0.615. The Labute approximate surface area is 184 Å². The lowest BCUT2D eigenvalue weighted by atomic mass is 9.92. The van der Waals surface area contributed by atoms with Gasteiger partial charge in [0.25, 0.3) is 0 Å². The molecule has 0 radical (unpaired) electrons. The number of benzene rings is 3. The number of H-pyrrole nitrogens is 1. The maximum absolute atomic E-state index is 11.6. The number of aromatic hydroxyl groups is 1. The van der Waals surface area contributed by atoms with Gasteiger partial charge in [0.1, 0.15) is 5.54 Å². The molecular weight excluding hydrogens is 412 g/mol. The summed E-state index contributed by atoms with van der Waals surface area (Å²) in [5.41, 5.74) is 14.1. The number of aromatic amines is 1. The van der Waals surface area contributed by atoms with Crippen molar-refractivity contribution in [3.63, 3.8) is 0 Å². The van der Waals surface area contributed by atoms with Crippen LogP contribution in [0.4, 0.5) is 5.69 Å². The number of aliphatic imine (C=N–C) groups is 1. The molecule has 0 saturated heterocycles. The predicted octanol–water partition coefficient (Wildman–Crippen LogP) is 4.36. The smallest absolute Gasteiger partial charge is 0.241 e. The van der Waals surface area contributed by atoms with Gasteiger partial charge >= 0.3 is 0 Å². The Hall–Kier alpha value is -3.61. The highest BCUT2D eigenvalue weighted by atomic mass is 35.5. The number of fused-ring (bicyclic) bond motifs is 1. The summed E-state index contributed by atoms with van der Waals surface area (Å²) in [6, 6.07) is 21.9. The SMILES string of the molecule is CC(N)(C(N)=O)c1ccc(N=C(c2ccccc2)c2c(O)[nH]c3cc(Cl)ccc23)cc1. The standard InChI is InChI=1S/C24H21ClN4O2/c1-24(27,23(26)31)15-7-10-17(11-8-15)28-21(14-5-3-2-4-6-14)20-18-12-9-16(25)13-19(18)29-22(20)30/h2-13,29-30H,27H2,1H3,(H2,26,31). The molecular formula is C24H21ClN4O2. The van der Waals surface area contributed by atoms with E-state index >= 15 is 0 Å². The number of aromatic nitrogens is 1. The Kier molecular flexibility index (Phi) is 5.27. The molecule has 4 aromatic rings. The quantitative estimate of drug-likeness (QED) is 0.351. The molecule has 0 aliphatic carbocycles. The summed E-state index contributed by atoms with van der Waals surface area (Å²) in [5, 5.41) is 12.1. The maximum atomic E-state index is 11.6. The lowest BCUT2D eigenvalue weighted by Gasteiger charge is -2.20. The van der Waals surface area contributed by atoms with Gasteiger partial charge in [-0.15, -0.1) is 0 Å². The number of primary amides is 1. The van der Waals surface area contributed by atoms with Crippen LogP contribution in [0.3, 0.4) is 0 Å². The Morgan fingerprint density at radius 2 is 1.74 bits per heavy atom. The van der Waals surface area contributed by atoms with Gasteiger partial charge in [0.2, 0.25) is 5.91 Å². The number of hydrogen-bond donors (Lipinski definition) is 4. The van der Waals surface area contributed by atoms with Crippen LogP contribution in [0.5, 0.6) is 5.88 Å². The van der Waals surface area contributed by atoms with Gasteiger partial charge in [-0.05, 0) is 36.8 Å². The third kappa shape index (κ3) is 3.91. The number of hydrogen-bond acceptors (Lipinski definition) is 4. The fourth-order valence-electron chi connectivity index (χ4n) is 3.41. The molecule has 0 bridgehead atoms. The van der Waals surface area contributed by atoms with E-state index in [4.69, 9.17) is 28.1 Å². The molecule has 31 heavy (non-hydrogen) atoms. The van der Waals surface area contributed by atoms with Crippen molar-refractivity contribution in [1.82, 2.24) is 4.98 Å². The van der Waals surface area contributed by atoms with Gasteiger partial charge in [0.15, 0.2) is 5.88 Å². The van der Waals surface area contributed by atoms with E-state index in [0.29, 0.717) is 33.1 Å². The summed E-state index contributed by atoms with van der Waals surface area (Å²) in [4.78, 5) is 19.4. The fourth-order valence-corrected chi connectivity index (χ4v) is 3.58. The molecule has 4 rings (SSSR count). The highest BCUT2D eigenvalue weighted by molar-refractivity contribution is 6.31. The van der Waals surface area contributed by atoms with Gasteiger partial charge in [-0.1, -0.05) is 60.1 Å². The molecule has 0 spiro atoms. The molecule has 0 aliphatic heterocycles. The number of carbonyl (C=O) groups excluding carboxylic acids is 1. The van der Waals surface area contributed by atoms with Crippen molar-refractivity contribution in [2.75, 3.05) is 0 Å². The van der Waals surface area contributed by atoms with Gasteiger partial charge in [0, 0.05) is 16.0 Å². The first-order valence-electron chi connectivity index (χ1n) is 9.61. The summed E-state index contributed by atoms with van der Waals surface area (Å²) in [7, 11) is 0. The third-order valence-electron chi connectivity index (χ3n) is 5.24. The van der Waals surface area contributed by atoms with Crippen LogP contribution in [0.2, 0.25) is 5.02 Å². The van der Waals surface area contributed by atoms with Crippen molar-refractivity contribution in [1.29, 1.82) is 0 Å². The second-order valence-electron chi connectivity index (χ2n) is 7.48. The molecule has 1 heterocycles. The van der Waals surface area contributed by atoms with Crippen LogP contribution in [0, 0.1) is 0 Å². The molecule has 3 aromatic carbocycles. The third-order valence-corrected chi connectivity index (χ3v) is 5.48. The molecule has 7 heteroatoms. The van der Waals surface area contributed by atoms with Crippen molar-refractivity contribution in [2.45, 2.75) is 12.5 Å². The minimum Gasteiger partial charge on any atom is -0.494 e. The number of halogens is 1. The minimum atomic E-state index is -1.28. The molecule has 0 aliphatic rings. The normalized spacial score (nSPS) is 13.8. The summed E-state index contributed by atoms with van der Waals surface area (Å²) >= 11 is 6.11. The average molecular weight is 433 g/mol. The predicted molar refractivity (Wildman–Crippen MR) is 124 cm³/mol. The number of rotatable bonds is 5. The molecule has 156 valence electrons. The molecule has 1 unspecified atom stereocenters. The van der Waals surface area contributed by atoms with Crippen molar-refractivity contribution >= 4 is 39.8 Å². The van der Waals surface area contributed by atoms with Crippen molar-refractivity contribution < 1.29 is 9.90 Å². The molecule has 6 nitrogen and oxygen atoms in total. The van der Waals surface area contributed by atoms with Crippen LogP contribution in [0.25, 0.3) is 10.9 Å². The van der Waals surface area contributed by atoms with E-state index in [-0.39, 0.29) is 5.88 Å². The van der Waals surface area contributed by atoms with Gasteiger partial charge < -0.3 is 21.6 Å². The van der Waals surface area contributed by atoms with Crippen molar-refractivity contribution in [3.8, 4) is 5.88 Å². The van der Waals surface area contributed by atoms with E-state index in [1.165, 1.54) is 0 Å². The molecule has 0 saturated carbocycles. The van der Waals surface area contributed by atoms with Crippen molar-refractivity contribution in [2.24, 2.45) is 16.5 Å². The van der Waals surface area contributed by atoms with Crippen LogP contribution >= 0.6 is 11.6 Å². The number of nitrogens with one attached hydrogen (secondary N) is 1. The Morgan fingerprint density at radius 1 is 1.06 bits per heavy atom. The average Bonchev–Trinajstić information content (AvgIpc) is 3.07. The number of nitrogens with two attached hydrogens (primary N) is 2. The van der Waals surface area contributed by atoms with Crippen LogP contribution < -0.4 is 11.5 Å². The number of nitrogens with zero attached hydrogens (tertiary/aromatic N) is 1. The van der Waals surface area contributed by atoms with Gasteiger partial charge in [0.05, 0.1) is 22.5 Å². The van der Waals surface area contributed by atoms with Crippen LogP contribution in [0.15, 0.2) is 77.8 Å². The zero-order valence-electron chi connectivity index (χ0n) is 16.8. The zero-order valence-corrected chi connectivity index (χ0v) is 17.5. The fraction of sp³-hybridized carbons (Fsp3) is 0.0833. The van der Waals surface area contributed by atoms with Crippen LogP contribution in [-0.2, 0) is 10.3 Å². The Morgan fingerprint density at radius 3 is 2.39 bits per heavy atom. The Bertz CT molecular complexity index is 1290. The topological polar surface area (TPSA) is 117 Å². The van der Waals surface area contributed by atoms with Crippen LogP contribution in [-0.4, -0.2) is 21.7 Å². The van der Waals surface area contributed by atoms with E-state index in [1.807, 2.05) is 36.4 Å². The van der Waals surface area contributed by atoms with Gasteiger partial charge in [-0.2, -0.15) is 0 Å². The van der Waals surface area contributed by atoms with E-state index in [9.17, 15) is 9.90 Å². The van der Waals surface area contributed by atoms with E-state index in [2.05, 4.69) is 4.98 Å². The minimum absolute atomic E-state index is 0.000230. The second-order valence-corrected chi connectivity index (χ2v) is 7.91. The number of carbonyl (C=O) groups is 1. The maximum Gasteiger partial charge on any atom is 0.241 e. The molecule has 0 fully saturated rings. The Balaban J connectivity index is 1.87. The highest BCUT2D eigenvalue weighted by Gasteiger charge is 2.27. The van der Waals surface area contributed by atoms with E-state index < -0.39 is 11.4 Å². The second kappa shape index (κ2) is 7.91. The zero-order chi connectivity index (χ0) is 22.2. The molecule has 1 amide bonds. The first-order chi connectivity index (χ1) is 14.8. The van der Waals surface area contributed by atoms with Crippen LogP contribution in [0.1, 0.15) is 23.6 Å². The lowest BCUT2D eigenvalue weighted by Crippen LogP contribution is -2.46. The first kappa shape index (κ1) is 20.7. The van der Waals surface area contributed by atoms with E-state index in [1.54, 1.807) is 43.3 Å².